The van der Waals surface area contributed by atoms with Gasteiger partial charge in [-0.1, -0.05) is 48.4 Å². The van der Waals surface area contributed by atoms with E-state index in [1.54, 1.807) is 73.7 Å². The first kappa shape index (κ1) is 31.5. The summed E-state index contributed by atoms with van der Waals surface area (Å²) in [5.41, 5.74) is 2.03. The summed E-state index contributed by atoms with van der Waals surface area (Å²) in [4.78, 5) is 29.5. The lowest BCUT2D eigenvalue weighted by molar-refractivity contribution is -0.139. The van der Waals surface area contributed by atoms with E-state index in [9.17, 15) is 18.0 Å². The number of amides is 2. The third-order valence-electron chi connectivity index (χ3n) is 6.66. The van der Waals surface area contributed by atoms with Crippen molar-refractivity contribution in [2.45, 2.75) is 62.5 Å². The molecule has 0 heterocycles. The average molecular weight is 602 g/mol. The smallest absolute Gasteiger partial charge is 0.264 e. The molecule has 0 saturated heterocycles. The molecule has 0 aliphatic heterocycles. The maximum atomic E-state index is 14.0. The van der Waals surface area contributed by atoms with Crippen molar-refractivity contribution in [2.24, 2.45) is 0 Å². The van der Waals surface area contributed by atoms with Crippen LogP contribution in [0, 0.1) is 6.92 Å². The van der Waals surface area contributed by atoms with Crippen LogP contribution >= 0.6 is 23.4 Å². The number of carbonyl (C=O) groups excluding carboxylic acids is 2. The molecule has 10 heteroatoms. The second-order valence-corrected chi connectivity index (χ2v) is 12.8. The number of carbonyl (C=O) groups is 2. The Morgan fingerprint density at radius 1 is 1.00 bits per heavy atom. The molecule has 0 spiro atoms. The van der Waals surface area contributed by atoms with E-state index < -0.39 is 28.5 Å². The number of benzene rings is 3. The normalized spacial score (nSPS) is 12.8. The second kappa shape index (κ2) is 14.1. The van der Waals surface area contributed by atoms with E-state index >= 15 is 0 Å². The summed E-state index contributed by atoms with van der Waals surface area (Å²) in [7, 11) is -4.11. The maximum Gasteiger partial charge on any atom is 0.264 e. The van der Waals surface area contributed by atoms with Gasteiger partial charge in [0.1, 0.15) is 12.6 Å². The second-order valence-electron chi connectivity index (χ2n) is 9.67. The fourth-order valence-corrected chi connectivity index (χ4v) is 6.03. The molecule has 3 aromatic rings. The van der Waals surface area contributed by atoms with Crippen LogP contribution in [0.2, 0.25) is 5.02 Å². The van der Waals surface area contributed by atoms with Crippen molar-refractivity contribution in [1.82, 2.24) is 10.2 Å². The molecule has 2 amide bonds. The molecular weight excluding hydrogens is 566 g/mol. The fraction of sp³-hybridized carbons (Fsp3) is 0.333. The highest BCUT2D eigenvalue weighted by atomic mass is 35.5. The quantitative estimate of drug-likeness (QED) is 0.261. The van der Waals surface area contributed by atoms with Crippen molar-refractivity contribution in [3.8, 4) is 0 Å². The Kier molecular flexibility index (Phi) is 11.1. The zero-order chi connectivity index (χ0) is 29.4. The number of nitrogens with zero attached hydrogens (tertiary/aromatic N) is 2. The van der Waals surface area contributed by atoms with Crippen molar-refractivity contribution in [2.75, 3.05) is 17.1 Å². The summed E-state index contributed by atoms with van der Waals surface area (Å²) in [5, 5.41) is 3.43. The van der Waals surface area contributed by atoms with Gasteiger partial charge in [0.15, 0.2) is 0 Å². The van der Waals surface area contributed by atoms with Crippen LogP contribution in [0.5, 0.6) is 0 Å². The molecule has 40 heavy (non-hydrogen) atoms. The van der Waals surface area contributed by atoms with Gasteiger partial charge in [-0.3, -0.25) is 13.9 Å². The van der Waals surface area contributed by atoms with Crippen molar-refractivity contribution >= 4 is 50.9 Å². The zero-order valence-electron chi connectivity index (χ0n) is 23.4. The molecular formula is C30H36ClN3O4S2. The third-order valence-corrected chi connectivity index (χ3v) is 9.43. The molecule has 0 bridgehead atoms. The minimum Gasteiger partial charge on any atom is -0.352 e. The molecule has 7 nitrogen and oxygen atoms in total. The number of thioether (sulfide) groups is 1. The van der Waals surface area contributed by atoms with Crippen molar-refractivity contribution in [3.63, 3.8) is 0 Å². The lowest BCUT2D eigenvalue weighted by Gasteiger charge is -2.32. The molecule has 0 aliphatic carbocycles. The predicted octanol–water partition coefficient (Wildman–Crippen LogP) is 5.90. The SMILES string of the molecule is CC[C@H](C)NC(=O)[C@H](C)N(Cc1cccc(Cl)c1)C(=O)CN(c1ccc(C)cc1)S(=O)(=O)c1ccc(SC)cc1. The van der Waals surface area contributed by atoms with E-state index in [4.69, 9.17) is 11.6 Å². The highest BCUT2D eigenvalue weighted by molar-refractivity contribution is 7.98. The van der Waals surface area contributed by atoms with Crippen LogP contribution < -0.4 is 9.62 Å². The highest BCUT2D eigenvalue weighted by Gasteiger charge is 2.32. The summed E-state index contributed by atoms with van der Waals surface area (Å²) in [6.45, 7) is 6.99. The van der Waals surface area contributed by atoms with Crippen LogP contribution in [0.4, 0.5) is 5.69 Å². The highest BCUT2D eigenvalue weighted by Crippen LogP contribution is 2.26. The van der Waals surface area contributed by atoms with Crippen LogP contribution in [-0.4, -0.2) is 50.0 Å². The van der Waals surface area contributed by atoms with Crippen molar-refractivity contribution < 1.29 is 18.0 Å². The lowest BCUT2D eigenvalue weighted by atomic mass is 10.1. The summed E-state index contributed by atoms with van der Waals surface area (Å²) in [6, 6.07) is 19.6. The first-order valence-corrected chi connectivity index (χ1v) is 16.1. The van der Waals surface area contributed by atoms with Gasteiger partial charge in [0.25, 0.3) is 10.0 Å². The first-order chi connectivity index (χ1) is 19.0. The van der Waals surface area contributed by atoms with Gasteiger partial charge < -0.3 is 10.2 Å². The molecule has 3 aromatic carbocycles. The molecule has 0 radical (unpaired) electrons. The van der Waals surface area contributed by atoms with Gasteiger partial charge in [-0.15, -0.1) is 11.8 Å². The topological polar surface area (TPSA) is 86.8 Å². The number of hydrogen-bond donors (Lipinski definition) is 1. The van der Waals surface area contributed by atoms with Gasteiger partial charge in [0.2, 0.25) is 11.8 Å². The minimum atomic E-state index is -4.11. The van der Waals surface area contributed by atoms with Crippen molar-refractivity contribution in [3.05, 3.63) is 88.9 Å². The lowest BCUT2D eigenvalue weighted by Crippen LogP contribution is -2.52. The van der Waals surface area contributed by atoms with E-state index in [0.29, 0.717) is 10.7 Å². The average Bonchev–Trinajstić information content (AvgIpc) is 2.94. The zero-order valence-corrected chi connectivity index (χ0v) is 25.8. The molecule has 0 aromatic heterocycles. The molecule has 1 N–H and O–H groups in total. The molecule has 3 rings (SSSR count). The van der Waals surface area contributed by atoms with Crippen LogP contribution in [-0.2, 0) is 26.2 Å². The minimum absolute atomic E-state index is 0.0719. The van der Waals surface area contributed by atoms with Gasteiger partial charge >= 0.3 is 0 Å². The van der Waals surface area contributed by atoms with Crippen LogP contribution in [0.1, 0.15) is 38.3 Å². The summed E-state index contributed by atoms with van der Waals surface area (Å²) in [5.74, 6) is -0.834. The number of aryl methyl sites for hydroxylation is 1. The Bertz CT molecular complexity index is 1410. The number of hydrogen-bond acceptors (Lipinski definition) is 5. The fourth-order valence-electron chi connectivity index (χ4n) is 3.99. The Hall–Kier alpha value is -3.01. The molecule has 0 fully saturated rings. The standard InChI is InChI=1S/C30H36ClN3O4S2/c1-6-22(3)32-30(36)23(4)33(19-24-8-7-9-25(31)18-24)29(35)20-34(26-12-10-21(2)11-13-26)40(37,38)28-16-14-27(39-5)15-17-28/h7-18,22-23H,6,19-20H2,1-5H3,(H,32,36)/t22-,23-/m0/s1. The summed E-state index contributed by atoms with van der Waals surface area (Å²) in [6.07, 6.45) is 2.64. The van der Waals surface area contributed by atoms with Gasteiger partial charge in [-0.05, 0) is 87.5 Å². The van der Waals surface area contributed by atoms with Crippen LogP contribution in [0.15, 0.2) is 82.6 Å². The monoisotopic (exact) mass is 601 g/mol. The Morgan fingerprint density at radius 3 is 2.23 bits per heavy atom. The Balaban J connectivity index is 2.02. The molecule has 0 saturated carbocycles. The number of halogens is 1. The third kappa shape index (κ3) is 8.02. The number of sulfonamides is 1. The van der Waals surface area contributed by atoms with Crippen molar-refractivity contribution in [1.29, 1.82) is 0 Å². The number of rotatable bonds is 12. The molecule has 214 valence electrons. The summed E-state index contributed by atoms with van der Waals surface area (Å²) < 4.78 is 28.9. The molecule has 0 unspecified atom stereocenters. The van der Waals surface area contributed by atoms with E-state index in [-0.39, 0.29) is 23.4 Å². The first-order valence-electron chi connectivity index (χ1n) is 13.0. The predicted molar refractivity (Wildman–Crippen MR) is 163 cm³/mol. The van der Waals surface area contributed by atoms with Crippen LogP contribution in [0.25, 0.3) is 0 Å². The van der Waals surface area contributed by atoms with E-state index in [1.165, 1.54) is 16.7 Å². The Labute approximate surface area is 247 Å². The Morgan fingerprint density at radius 2 is 1.65 bits per heavy atom. The van der Waals surface area contributed by atoms with Gasteiger partial charge in [-0.25, -0.2) is 8.42 Å². The maximum absolute atomic E-state index is 14.0. The van der Waals surface area contributed by atoms with E-state index in [0.717, 1.165) is 26.7 Å². The van der Waals surface area contributed by atoms with E-state index in [1.807, 2.05) is 33.1 Å². The van der Waals surface area contributed by atoms with Gasteiger partial charge in [-0.2, -0.15) is 0 Å². The largest absolute Gasteiger partial charge is 0.352 e. The molecule has 0 aliphatic rings. The summed E-state index contributed by atoms with van der Waals surface area (Å²) >= 11 is 7.70. The van der Waals surface area contributed by atoms with Crippen LogP contribution in [0.3, 0.4) is 0 Å². The number of nitrogens with one attached hydrogen (secondary N) is 1. The van der Waals surface area contributed by atoms with E-state index in [2.05, 4.69) is 5.32 Å². The van der Waals surface area contributed by atoms with Gasteiger partial charge in [0, 0.05) is 22.5 Å². The van der Waals surface area contributed by atoms with Gasteiger partial charge in [0.05, 0.1) is 10.6 Å². The number of anilines is 1. The molecule has 2 atom stereocenters.